The molecule has 0 aromatic heterocycles. The van der Waals surface area contributed by atoms with Gasteiger partial charge in [-0.15, -0.1) is 0 Å². The van der Waals surface area contributed by atoms with Crippen molar-refractivity contribution >= 4 is 6.09 Å². The molecule has 1 unspecified atom stereocenters. The van der Waals surface area contributed by atoms with Gasteiger partial charge in [-0.2, -0.15) is 0 Å². The van der Waals surface area contributed by atoms with E-state index in [2.05, 4.69) is 0 Å². The molecule has 0 aromatic rings. The number of nitrogens with two attached hydrogens (primary N) is 1. The summed E-state index contributed by atoms with van der Waals surface area (Å²) < 4.78 is 5.34. The number of cyclic esters (lactones) is 1. The lowest BCUT2D eigenvalue weighted by molar-refractivity contribution is 0.104. The average molecular weight is 198 g/mol. The van der Waals surface area contributed by atoms with Crippen LogP contribution in [0, 0.1) is 5.92 Å². The highest BCUT2D eigenvalue weighted by Gasteiger charge is 2.36. The van der Waals surface area contributed by atoms with Gasteiger partial charge in [0.25, 0.3) is 0 Å². The number of rotatable bonds is 3. The minimum Gasteiger partial charge on any atom is -0.444 e. The lowest BCUT2D eigenvalue weighted by atomic mass is 10.0. The first-order valence-corrected chi connectivity index (χ1v) is 5.47. The van der Waals surface area contributed by atoms with Crippen molar-refractivity contribution in [2.45, 2.75) is 31.8 Å². The third kappa shape index (κ3) is 1.85. The van der Waals surface area contributed by atoms with Gasteiger partial charge in [0.05, 0.1) is 6.54 Å². The molecule has 2 rings (SSSR count). The highest BCUT2D eigenvalue weighted by molar-refractivity contribution is 5.69. The molecule has 1 saturated carbocycles. The van der Waals surface area contributed by atoms with E-state index >= 15 is 0 Å². The summed E-state index contributed by atoms with van der Waals surface area (Å²) in [5, 5.41) is 0. The maximum atomic E-state index is 11.4. The molecule has 1 amide bonds. The molecule has 1 aliphatic heterocycles. The lowest BCUT2D eigenvalue weighted by Gasteiger charge is -2.15. The molecule has 1 aliphatic carbocycles. The summed E-state index contributed by atoms with van der Waals surface area (Å²) in [5.74, 6) is 0.599. The maximum absolute atomic E-state index is 11.4. The molecule has 2 fully saturated rings. The van der Waals surface area contributed by atoms with Crippen LogP contribution < -0.4 is 5.73 Å². The molecule has 14 heavy (non-hydrogen) atoms. The van der Waals surface area contributed by atoms with E-state index in [-0.39, 0.29) is 12.2 Å². The number of carbonyl (C=O) groups excluding carboxylic acids is 1. The number of hydrogen-bond donors (Lipinski definition) is 1. The Morgan fingerprint density at radius 2 is 2.14 bits per heavy atom. The number of ether oxygens (including phenoxy) is 1. The van der Waals surface area contributed by atoms with Crippen LogP contribution in [-0.2, 0) is 4.74 Å². The van der Waals surface area contributed by atoms with Gasteiger partial charge < -0.3 is 15.4 Å². The molecule has 0 aromatic carbocycles. The van der Waals surface area contributed by atoms with Gasteiger partial charge in [-0.1, -0.05) is 12.8 Å². The molecule has 0 bridgehead atoms. The molecule has 2 N–H and O–H groups in total. The zero-order valence-electron chi connectivity index (χ0n) is 8.45. The van der Waals surface area contributed by atoms with Crippen LogP contribution in [0.5, 0.6) is 0 Å². The van der Waals surface area contributed by atoms with Crippen molar-refractivity contribution in [1.82, 2.24) is 4.90 Å². The van der Waals surface area contributed by atoms with E-state index in [4.69, 9.17) is 10.5 Å². The van der Waals surface area contributed by atoms with Crippen LogP contribution in [0.3, 0.4) is 0 Å². The standard InChI is InChI=1S/C10H18N2O2/c11-5-6-12-7-9(14-10(12)13)8-3-1-2-4-8/h8-9H,1-7,11H2. The summed E-state index contributed by atoms with van der Waals surface area (Å²) in [7, 11) is 0. The van der Waals surface area contributed by atoms with Crippen LogP contribution in [-0.4, -0.2) is 36.7 Å². The fraction of sp³-hybridized carbons (Fsp3) is 0.900. The summed E-state index contributed by atoms with van der Waals surface area (Å²) in [6.45, 7) is 1.90. The zero-order valence-corrected chi connectivity index (χ0v) is 8.45. The Balaban J connectivity index is 1.88. The van der Waals surface area contributed by atoms with Gasteiger partial charge in [-0.05, 0) is 18.8 Å². The first kappa shape index (κ1) is 9.77. The predicted octanol–water partition coefficient (Wildman–Crippen LogP) is 0.956. The van der Waals surface area contributed by atoms with Crippen molar-refractivity contribution in [2.24, 2.45) is 11.7 Å². The summed E-state index contributed by atoms with van der Waals surface area (Å²) in [4.78, 5) is 13.1. The molecule has 0 spiro atoms. The van der Waals surface area contributed by atoms with Crippen LogP contribution in [0.2, 0.25) is 0 Å². The maximum Gasteiger partial charge on any atom is 0.410 e. The van der Waals surface area contributed by atoms with Crippen LogP contribution in [0.4, 0.5) is 4.79 Å². The van der Waals surface area contributed by atoms with Crippen molar-refractivity contribution in [1.29, 1.82) is 0 Å². The topological polar surface area (TPSA) is 55.6 Å². The number of amides is 1. The summed E-state index contributed by atoms with van der Waals surface area (Å²) in [6.07, 6.45) is 4.97. The lowest BCUT2D eigenvalue weighted by Crippen LogP contribution is -2.31. The monoisotopic (exact) mass is 198 g/mol. The van der Waals surface area contributed by atoms with Crippen LogP contribution >= 0.6 is 0 Å². The number of hydrogen-bond acceptors (Lipinski definition) is 3. The van der Waals surface area contributed by atoms with Crippen LogP contribution in [0.15, 0.2) is 0 Å². The van der Waals surface area contributed by atoms with Crippen molar-refractivity contribution in [3.63, 3.8) is 0 Å². The smallest absolute Gasteiger partial charge is 0.410 e. The molecule has 80 valence electrons. The molecular weight excluding hydrogens is 180 g/mol. The summed E-state index contributed by atoms with van der Waals surface area (Å²) >= 11 is 0. The van der Waals surface area contributed by atoms with Gasteiger partial charge in [-0.25, -0.2) is 4.79 Å². The molecule has 4 heteroatoms. The van der Waals surface area contributed by atoms with Gasteiger partial charge >= 0.3 is 6.09 Å². The summed E-state index contributed by atoms with van der Waals surface area (Å²) in [5.41, 5.74) is 5.42. The quantitative estimate of drug-likeness (QED) is 0.734. The van der Waals surface area contributed by atoms with Crippen LogP contribution in [0.25, 0.3) is 0 Å². The minimum atomic E-state index is -0.174. The molecule has 0 radical (unpaired) electrons. The Morgan fingerprint density at radius 1 is 1.43 bits per heavy atom. The Kier molecular flexibility index (Phi) is 2.91. The minimum absolute atomic E-state index is 0.136. The number of carbonyl (C=O) groups is 1. The summed E-state index contributed by atoms with van der Waals surface area (Å²) in [6, 6.07) is 0. The molecule has 1 saturated heterocycles. The Morgan fingerprint density at radius 3 is 2.79 bits per heavy atom. The average Bonchev–Trinajstić information content (AvgIpc) is 2.76. The van der Waals surface area contributed by atoms with Crippen molar-refractivity contribution in [3.05, 3.63) is 0 Å². The second kappa shape index (κ2) is 4.17. The Hall–Kier alpha value is -0.770. The predicted molar refractivity (Wildman–Crippen MR) is 52.9 cm³/mol. The van der Waals surface area contributed by atoms with Gasteiger partial charge in [0, 0.05) is 13.1 Å². The van der Waals surface area contributed by atoms with E-state index < -0.39 is 0 Å². The van der Waals surface area contributed by atoms with Gasteiger partial charge in [-0.3, -0.25) is 0 Å². The third-order valence-corrected chi connectivity index (χ3v) is 3.24. The SMILES string of the molecule is NCCN1CC(C2CCCC2)OC1=O. The van der Waals surface area contributed by atoms with Crippen molar-refractivity contribution in [2.75, 3.05) is 19.6 Å². The fourth-order valence-corrected chi connectivity index (χ4v) is 2.45. The molecular formula is C10H18N2O2. The molecule has 2 aliphatic rings. The van der Waals surface area contributed by atoms with Gasteiger partial charge in [0.15, 0.2) is 0 Å². The van der Waals surface area contributed by atoms with E-state index in [0.717, 1.165) is 6.54 Å². The van der Waals surface area contributed by atoms with E-state index in [1.807, 2.05) is 0 Å². The van der Waals surface area contributed by atoms with Gasteiger partial charge in [0.1, 0.15) is 6.10 Å². The van der Waals surface area contributed by atoms with Crippen molar-refractivity contribution in [3.8, 4) is 0 Å². The Labute approximate surface area is 84.4 Å². The van der Waals surface area contributed by atoms with Crippen LogP contribution in [0.1, 0.15) is 25.7 Å². The highest BCUT2D eigenvalue weighted by Crippen LogP contribution is 2.32. The first-order valence-electron chi connectivity index (χ1n) is 5.47. The third-order valence-electron chi connectivity index (χ3n) is 3.24. The fourth-order valence-electron chi connectivity index (χ4n) is 2.45. The number of nitrogens with zero attached hydrogens (tertiary/aromatic N) is 1. The second-order valence-electron chi connectivity index (χ2n) is 4.20. The van der Waals surface area contributed by atoms with Gasteiger partial charge in [0.2, 0.25) is 0 Å². The normalized spacial score (nSPS) is 28.5. The molecule has 4 nitrogen and oxygen atoms in total. The molecule has 1 heterocycles. The van der Waals surface area contributed by atoms with E-state index in [9.17, 15) is 4.79 Å². The highest BCUT2D eigenvalue weighted by atomic mass is 16.6. The van der Waals surface area contributed by atoms with E-state index in [1.165, 1.54) is 25.7 Å². The van der Waals surface area contributed by atoms with Crippen molar-refractivity contribution < 1.29 is 9.53 Å². The Bertz CT molecular complexity index is 214. The first-order chi connectivity index (χ1) is 6.81. The molecule has 1 atom stereocenters. The zero-order chi connectivity index (χ0) is 9.97. The van der Waals surface area contributed by atoms with E-state index in [1.54, 1.807) is 4.90 Å². The largest absolute Gasteiger partial charge is 0.444 e. The second-order valence-corrected chi connectivity index (χ2v) is 4.20. The van der Waals surface area contributed by atoms with E-state index in [0.29, 0.717) is 19.0 Å².